The highest BCUT2D eigenvalue weighted by Gasteiger charge is 2.30. The minimum atomic E-state index is -4.41. The van der Waals surface area contributed by atoms with Crippen molar-refractivity contribution in [3.05, 3.63) is 100 Å². The van der Waals surface area contributed by atoms with Gasteiger partial charge in [0.2, 0.25) is 0 Å². The van der Waals surface area contributed by atoms with Crippen molar-refractivity contribution in [2.75, 3.05) is 5.32 Å². The van der Waals surface area contributed by atoms with Gasteiger partial charge >= 0.3 is 6.18 Å². The topological polar surface area (TPSA) is 69.3 Å². The van der Waals surface area contributed by atoms with Crippen LogP contribution < -0.4 is 10.1 Å². The van der Waals surface area contributed by atoms with E-state index in [0.29, 0.717) is 22.8 Å². The van der Waals surface area contributed by atoms with Crippen molar-refractivity contribution in [3.8, 4) is 5.75 Å². The molecule has 4 aromatic rings. The fourth-order valence-corrected chi connectivity index (χ4v) is 3.27. The molecule has 4 rings (SSSR count). The van der Waals surface area contributed by atoms with E-state index in [1.165, 1.54) is 29.2 Å². The number of anilines is 1. The van der Waals surface area contributed by atoms with Gasteiger partial charge in [0.1, 0.15) is 18.1 Å². The molecule has 10 heteroatoms. The first-order valence-electron chi connectivity index (χ1n) is 9.73. The van der Waals surface area contributed by atoms with Gasteiger partial charge in [0.25, 0.3) is 5.91 Å². The molecule has 0 atom stereocenters. The first kappa shape index (κ1) is 22.7. The Morgan fingerprint density at radius 2 is 1.91 bits per heavy atom. The molecule has 0 fully saturated rings. The van der Waals surface area contributed by atoms with Gasteiger partial charge in [-0.2, -0.15) is 18.3 Å². The van der Waals surface area contributed by atoms with Crippen molar-refractivity contribution in [2.24, 2.45) is 0 Å². The molecule has 1 amide bonds. The summed E-state index contributed by atoms with van der Waals surface area (Å²) in [6.07, 6.45) is -1.48. The van der Waals surface area contributed by atoms with Crippen LogP contribution in [0.15, 0.2) is 81.9 Å². The van der Waals surface area contributed by atoms with Gasteiger partial charge < -0.3 is 14.5 Å². The molecule has 0 unspecified atom stereocenters. The summed E-state index contributed by atoms with van der Waals surface area (Å²) in [5, 5.41) is 6.74. The van der Waals surface area contributed by atoms with Crippen LogP contribution in [0.25, 0.3) is 0 Å². The van der Waals surface area contributed by atoms with Crippen LogP contribution in [0.5, 0.6) is 5.75 Å². The van der Waals surface area contributed by atoms with Gasteiger partial charge in [0.05, 0.1) is 24.0 Å². The lowest BCUT2D eigenvalue weighted by Gasteiger charge is -2.08. The molecule has 0 bridgehead atoms. The van der Waals surface area contributed by atoms with Gasteiger partial charge in [0, 0.05) is 10.7 Å². The van der Waals surface area contributed by atoms with E-state index in [9.17, 15) is 18.0 Å². The van der Waals surface area contributed by atoms with Gasteiger partial charge in [-0.15, -0.1) is 0 Å². The molecule has 0 saturated heterocycles. The van der Waals surface area contributed by atoms with Gasteiger partial charge in [-0.05, 0) is 54.1 Å². The Morgan fingerprint density at radius 1 is 1.12 bits per heavy atom. The molecule has 0 saturated carbocycles. The summed E-state index contributed by atoms with van der Waals surface area (Å²) in [6, 6.07) is 15.5. The van der Waals surface area contributed by atoms with Crippen molar-refractivity contribution < 1.29 is 27.1 Å². The summed E-state index contributed by atoms with van der Waals surface area (Å²) in [5.74, 6) is 0.746. The molecule has 2 heterocycles. The molecule has 6 nitrogen and oxygen atoms in total. The smallest absolute Gasteiger partial charge is 0.416 e. The van der Waals surface area contributed by atoms with Crippen molar-refractivity contribution >= 4 is 27.5 Å². The van der Waals surface area contributed by atoms with E-state index < -0.39 is 17.6 Å². The maximum Gasteiger partial charge on any atom is 0.416 e. The number of carbonyl (C=O) groups excluding carboxylic acids is 1. The number of amides is 1. The number of alkyl halides is 3. The standard InChI is InChI=1S/C23H17BrF3N3O3/c24-17-4-6-19(7-5-17)32-14-20-8-9-21(33-20)22(31)29-18-11-28-30(13-18)12-15-2-1-3-16(10-15)23(25,26)27/h1-11,13H,12,14H2,(H,29,31). The Bertz CT molecular complexity index is 1250. The van der Waals surface area contributed by atoms with Crippen LogP contribution in [0, 0.1) is 0 Å². The number of benzene rings is 2. The second-order valence-corrected chi connectivity index (χ2v) is 8.00. The highest BCUT2D eigenvalue weighted by molar-refractivity contribution is 9.10. The first-order chi connectivity index (χ1) is 15.8. The average Bonchev–Trinajstić information content (AvgIpc) is 3.43. The molecule has 0 radical (unpaired) electrons. The third kappa shape index (κ3) is 6.04. The van der Waals surface area contributed by atoms with Crippen LogP contribution in [0.1, 0.15) is 27.4 Å². The molecule has 2 aromatic carbocycles. The molecule has 0 aliphatic carbocycles. The predicted octanol–water partition coefficient (Wildman–Crippen LogP) is 6.14. The lowest BCUT2D eigenvalue weighted by atomic mass is 10.1. The third-order valence-corrected chi connectivity index (χ3v) is 5.10. The number of hydrogen-bond donors (Lipinski definition) is 1. The zero-order chi connectivity index (χ0) is 23.4. The van der Waals surface area contributed by atoms with E-state index in [0.717, 1.165) is 16.6 Å². The Hall–Kier alpha value is -3.53. The molecule has 33 heavy (non-hydrogen) atoms. The molecular weight excluding hydrogens is 503 g/mol. The average molecular weight is 520 g/mol. The van der Waals surface area contributed by atoms with E-state index in [2.05, 4.69) is 26.3 Å². The van der Waals surface area contributed by atoms with Crippen LogP contribution in [0.2, 0.25) is 0 Å². The number of nitrogens with zero attached hydrogens (tertiary/aromatic N) is 2. The van der Waals surface area contributed by atoms with E-state index >= 15 is 0 Å². The van der Waals surface area contributed by atoms with Crippen LogP contribution in [0.3, 0.4) is 0 Å². The van der Waals surface area contributed by atoms with E-state index in [1.54, 1.807) is 24.3 Å². The Labute approximate surface area is 195 Å². The Kier molecular flexibility index (Phi) is 6.55. The molecule has 2 aromatic heterocycles. The van der Waals surface area contributed by atoms with Gasteiger partial charge in [0.15, 0.2) is 5.76 Å². The monoisotopic (exact) mass is 519 g/mol. The summed E-state index contributed by atoms with van der Waals surface area (Å²) in [7, 11) is 0. The number of hydrogen-bond acceptors (Lipinski definition) is 4. The first-order valence-corrected chi connectivity index (χ1v) is 10.5. The fourth-order valence-electron chi connectivity index (χ4n) is 3.00. The normalized spacial score (nSPS) is 11.4. The van der Waals surface area contributed by atoms with Gasteiger partial charge in [-0.1, -0.05) is 28.1 Å². The van der Waals surface area contributed by atoms with E-state index in [1.807, 2.05) is 12.1 Å². The minimum Gasteiger partial charge on any atom is -0.486 e. The number of aromatic nitrogens is 2. The van der Waals surface area contributed by atoms with Gasteiger partial charge in [-0.25, -0.2) is 0 Å². The predicted molar refractivity (Wildman–Crippen MR) is 118 cm³/mol. The van der Waals surface area contributed by atoms with Crippen LogP contribution >= 0.6 is 15.9 Å². The fraction of sp³-hybridized carbons (Fsp3) is 0.130. The zero-order valence-corrected chi connectivity index (χ0v) is 18.6. The molecule has 170 valence electrons. The summed E-state index contributed by atoms with van der Waals surface area (Å²) >= 11 is 3.35. The number of carbonyl (C=O) groups is 1. The quantitative estimate of drug-likeness (QED) is 0.318. The van der Waals surface area contributed by atoms with Crippen LogP contribution in [-0.2, 0) is 19.3 Å². The van der Waals surface area contributed by atoms with E-state index in [-0.39, 0.29) is 18.9 Å². The van der Waals surface area contributed by atoms with Crippen LogP contribution in [0.4, 0.5) is 18.9 Å². The van der Waals surface area contributed by atoms with Crippen molar-refractivity contribution in [1.29, 1.82) is 0 Å². The summed E-state index contributed by atoms with van der Waals surface area (Å²) in [5.41, 5.74) is 0.0988. The minimum absolute atomic E-state index is 0.0926. The Balaban J connectivity index is 1.34. The Morgan fingerprint density at radius 3 is 2.67 bits per heavy atom. The highest BCUT2D eigenvalue weighted by atomic mass is 79.9. The summed E-state index contributed by atoms with van der Waals surface area (Å²) in [6.45, 7) is 0.280. The highest BCUT2D eigenvalue weighted by Crippen LogP contribution is 2.29. The second kappa shape index (κ2) is 9.53. The molecular formula is C23H17BrF3N3O3. The number of nitrogens with one attached hydrogen (secondary N) is 1. The van der Waals surface area contributed by atoms with Crippen molar-refractivity contribution in [1.82, 2.24) is 9.78 Å². The number of furan rings is 1. The third-order valence-electron chi connectivity index (χ3n) is 4.57. The second-order valence-electron chi connectivity index (χ2n) is 7.09. The summed E-state index contributed by atoms with van der Waals surface area (Å²) < 4.78 is 52.2. The van der Waals surface area contributed by atoms with Crippen molar-refractivity contribution in [2.45, 2.75) is 19.3 Å². The van der Waals surface area contributed by atoms with Crippen molar-refractivity contribution in [3.63, 3.8) is 0 Å². The SMILES string of the molecule is O=C(Nc1cnn(Cc2cccc(C(F)(F)F)c2)c1)c1ccc(COc2ccc(Br)cc2)o1. The lowest BCUT2D eigenvalue weighted by Crippen LogP contribution is -2.10. The molecule has 0 spiro atoms. The molecule has 1 N–H and O–H groups in total. The van der Waals surface area contributed by atoms with E-state index in [4.69, 9.17) is 9.15 Å². The maximum atomic E-state index is 12.9. The zero-order valence-electron chi connectivity index (χ0n) is 17.0. The molecule has 0 aliphatic heterocycles. The summed E-state index contributed by atoms with van der Waals surface area (Å²) in [4.78, 5) is 12.4. The number of halogens is 4. The molecule has 0 aliphatic rings. The van der Waals surface area contributed by atoms with Gasteiger partial charge in [-0.3, -0.25) is 9.48 Å². The van der Waals surface area contributed by atoms with Crippen LogP contribution in [-0.4, -0.2) is 15.7 Å². The number of rotatable bonds is 7. The lowest BCUT2D eigenvalue weighted by molar-refractivity contribution is -0.137. The maximum absolute atomic E-state index is 12.9. The number of ether oxygens (including phenoxy) is 1. The largest absolute Gasteiger partial charge is 0.486 e.